The van der Waals surface area contributed by atoms with Crippen LogP contribution in [0.4, 0.5) is 0 Å². The van der Waals surface area contributed by atoms with Crippen molar-refractivity contribution < 1.29 is 32.6 Å². The molecule has 3 aliphatic carbocycles. The molecule has 4 heteroatoms. The second-order valence-electron chi connectivity index (χ2n) is 9.64. The quantitative estimate of drug-likeness (QED) is 0.420. The fourth-order valence-electron chi connectivity index (χ4n) is 3.90. The molecular formula is C25H40CrNSiTi. The zero-order valence-corrected chi connectivity index (χ0v) is 23.9. The van der Waals surface area contributed by atoms with Crippen LogP contribution in [-0.4, -0.2) is 12.2 Å². The first-order chi connectivity index (χ1) is 13.5. The minimum absolute atomic E-state index is 0.268. The normalized spacial score (nSPS) is 21.1. The average molecular weight is 483 g/mol. The predicted octanol–water partition coefficient (Wildman–Crippen LogP) is 6.91. The van der Waals surface area contributed by atoms with Crippen molar-refractivity contribution >= 4 is 6.66 Å². The van der Waals surface area contributed by atoms with Gasteiger partial charge >= 0.3 is 195 Å². The molecule has 1 nitrogen and oxygen atoms in total. The van der Waals surface area contributed by atoms with Crippen molar-refractivity contribution in [3.63, 3.8) is 0 Å². The van der Waals surface area contributed by atoms with Crippen LogP contribution in [0.3, 0.4) is 0 Å². The molecule has 0 amide bonds. The molecule has 0 aromatic carbocycles. The summed E-state index contributed by atoms with van der Waals surface area (Å²) in [6.07, 6.45) is 15.7. The number of nitrogens with one attached hydrogen (secondary N) is 1. The van der Waals surface area contributed by atoms with Gasteiger partial charge < -0.3 is 0 Å². The first-order valence-electron chi connectivity index (χ1n) is 10.9. The minimum atomic E-state index is -1.26. The summed E-state index contributed by atoms with van der Waals surface area (Å²) < 4.78 is 9.11. The maximum absolute atomic E-state index is 4.04. The summed E-state index contributed by atoms with van der Waals surface area (Å²) in [6, 6.07) is 0. The van der Waals surface area contributed by atoms with Crippen LogP contribution in [0.2, 0.25) is 13.1 Å². The summed E-state index contributed by atoms with van der Waals surface area (Å²) in [5.41, 5.74) is 5.06. The van der Waals surface area contributed by atoms with E-state index in [4.69, 9.17) is 0 Å². The van der Waals surface area contributed by atoms with Gasteiger partial charge in [-0.3, -0.25) is 0 Å². The molecular weight excluding hydrogens is 442 g/mol. The predicted molar refractivity (Wildman–Crippen MR) is 126 cm³/mol. The van der Waals surface area contributed by atoms with Crippen LogP contribution >= 0.6 is 0 Å². The molecule has 3 rings (SSSR count). The summed E-state index contributed by atoms with van der Waals surface area (Å²) in [5.74, 6) is 0.699. The van der Waals surface area contributed by atoms with Crippen LogP contribution in [0.1, 0.15) is 61.3 Å². The van der Waals surface area contributed by atoms with E-state index in [-0.39, 0.29) is 5.54 Å². The Hall–Kier alpha value is -0.136. The number of hydrogen-bond acceptors (Lipinski definition) is 1. The summed E-state index contributed by atoms with van der Waals surface area (Å²) in [4.78, 5) is 0. The molecule has 159 valence electrons. The average Bonchev–Trinajstić information content (AvgIpc) is 3.36. The van der Waals surface area contributed by atoms with Crippen molar-refractivity contribution in [3.05, 3.63) is 65.9 Å². The molecule has 3 aliphatic rings. The van der Waals surface area contributed by atoms with Crippen molar-refractivity contribution in [1.82, 2.24) is 3.80 Å². The van der Waals surface area contributed by atoms with Crippen LogP contribution < -0.4 is 3.80 Å². The third-order valence-electron chi connectivity index (χ3n) is 5.75. The van der Waals surface area contributed by atoms with Crippen molar-refractivity contribution in [3.8, 4) is 0 Å². The third kappa shape index (κ3) is 7.20. The fourth-order valence-corrected chi connectivity index (χ4v) is 17.8. The molecule has 0 fully saturated rings. The van der Waals surface area contributed by atoms with E-state index in [2.05, 4.69) is 102 Å². The Morgan fingerprint density at radius 2 is 1.48 bits per heavy atom. The van der Waals surface area contributed by atoms with Gasteiger partial charge in [0.05, 0.1) is 0 Å². The molecule has 0 aromatic rings. The molecule has 0 bridgehead atoms. The fraction of sp³-hybridized carbons (Fsp3) is 0.520. The van der Waals surface area contributed by atoms with Gasteiger partial charge in [-0.05, 0) is 0 Å². The van der Waals surface area contributed by atoms with E-state index in [0.29, 0.717) is 21.1 Å². The molecule has 29 heavy (non-hydrogen) atoms. The molecule has 0 saturated heterocycles. The van der Waals surface area contributed by atoms with Crippen LogP contribution in [0, 0.1) is 5.92 Å². The molecule has 0 spiro atoms. The van der Waals surface area contributed by atoms with Crippen LogP contribution in [0.25, 0.3) is 0 Å². The summed E-state index contributed by atoms with van der Waals surface area (Å²) in [5, 5.41) is 0. The monoisotopic (exact) mass is 482 g/mol. The molecule has 1 atom stereocenters. The Bertz CT molecular complexity index is 762. The van der Waals surface area contributed by atoms with E-state index < -0.39 is 24.0 Å². The van der Waals surface area contributed by atoms with Gasteiger partial charge in [0, 0.05) is 0 Å². The zero-order chi connectivity index (χ0) is 21.8. The molecule has 1 unspecified atom stereocenters. The van der Waals surface area contributed by atoms with E-state index >= 15 is 0 Å². The second kappa shape index (κ2) is 10.9. The van der Waals surface area contributed by atoms with E-state index in [1.54, 1.807) is 25.6 Å². The van der Waals surface area contributed by atoms with Crippen LogP contribution in [0.5, 0.6) is 0 Å². The second-order valence-corrected chi connectivity index (χ2v) is 24.2. The van der Waals surface area contributed by atoms with Gasteiger partial charge in [0.15, 0.2) is 0 Å². The Labute approximate surface area is 193 Å². The molecule has 0 aromatic heterocycles. The van der Waals surface area contributed by atoms with Crippen molar-refractivity contribution in [2.45, 2.75) is 79.9 Å². The van der Waals surface area contributed by atoms with Crippen molar-refractivity contribution in [2.75, 3.05) is 0 Å². The molecule has 0 saturated carbocycles. The van der Waals surface area contributed by atoms with Crippen molar-refractivity contribution in [1.29, 1.82) is 0 Å². The number of allylic oxidation sites excluding steroid dienone is 12. The van der Waals surface area contributed by atoms with Gasteiger partial charge in [0.25, 0.3) is 0 Å². The summed E-state index contributed by atoms with van der Waals surface area (Å²) in [7, 11) is 0. The van der Waals surface area contributed by atoms with Crippen LogP contribution in [0.15, 0.2) is 65.9 Å². The molecule has 0 aliphatic heterocycles. The third-order valence-corrected chi connectivity index (χ3v) is 19.7. The molecule has 0 radical (unpaired) electrons. The SMILES string of the molecule is C1=CC[C]([Cr][C]2=CC=CC2)=C1.CC1=C(C)C(C)[C]([Ti]([NH]C(C)(C)C)[SiH](C)C)=C1C. The zero-order valence-electron chi connectivity index (χ0n) is 19.9. The first-order valence-corrected chi connectivity index (χ1v) is 19.4. The van der Waals surface area contributed by atoms with Gasteiger partial charge in [-0.2, -0.15) is 0 Å². The first kappa shape index (κ1) is 25.1. The summed E-state index contributed by atoms with van der Waals surface area (Å²) >= 11 is -0.632. The number of hydrogen-bond donors (Lipinski definition) is 1. The Balaban J connectivity index is 0.000000230. The van der Waals surface area contributed by atoms with Gasteiger partial charge in [-0.1, -0.05) is 0 Å². The maximum atomic E-state index is 4.04. The molecule has 1 N–H and O–H groups in total. The van der Waals surface area contributed by atoms with E-state index in [9.17, 15) is 0 Å². The Kier molecular flexibility index (Phi) is 9.48. The van der Waals surface area contributed by atoms with Gasteiger partial charge in [-0.25, -0.2) is 0 Å². The van der Waals surface area contributed by atoms with Gasteiger partial charge in [0.2, 0.25) is 0 Å². The van der Waals surface area contributed by atoms with E-state index in [0.717, 1.165) is 0 Å². The standard InChI is InChI=1S/C9H13.2C5H5.C4H10N.C2H7Si.Cr.Ti/c1-6-5-7(2)9(4)8(6)3;2*1-2-4-5-3-1;1-4(2,3)5;1-3-2;;/h6H,1-4H3;2*1-3H,4H2;5H,1-3H3;3H,1-2H3;;/q;;;-1;;;+1. The van der Waals surface area contributed by atoms with Crippen molar-refractivity contribution in [2.24, 2.45) is 5.92 Å². The summed E-state index contributed by atoms with van der Waals surface area (Å²) in [6.45, 7) is 20.8. The van der Waals surface area contributed by atoms with Gasteiger partial charge in [0.1, 0.15) is 0 Å². The topological polar surface area (TPSA) is 12.0 Å². The van der Waals surface area contributed by atoms with Gasteiger partial charge in [-0.15, -0.1) is 0 Å². The number of rotatable bonds is 5. The van der Waals surface area contributed by atoms with Crippen LogP contribution in [-0.2, 0) is 32.6 Å². The molecule has 0 heterocycles. The Morgan fingerprint density at radius 1 is 0.966 bits per heavy atom. The van der Waals surface area contributed by atoms with E-state index in [1.807, 2.05) is 3.88 Å². The Morgan fingerprint density at radius 3 is 1.79 bits per heavy atom. The van der Waals surface area contributed by atoms with E-state index in [1.165, 1.54) is 12.8 Å².